The summed E-state index contributed by atoms with van der Waals surface area (Å²) in [7, 11) is 2.20. The van der Waals surface area contributed by atoms with Crippen LogP contribution in [0.3, 0.4) is 0 Å². The normalized spacial score (nSPS) is 9.79. The lowest BCUT2D eigenvalue weighted by Gasteiger charge is -2.03. The van der Waals surface area contributed by atoms with Crippen LogP contribution in [0.4, 0.5) is 0 Å². The van der Waals surface area contributed by atoms with Crippen LogP contribution in [0.15, 0.2) is 54.6 Å². The molecule has 0 fully saturated rings. The van der Waals surface area contributed by atoms with Gasteiger partial charge >= 0.3 is 0 Å². The van der Waals surface area contributed by atoms with E-state index in [4.69, 9.17) is 0 Å². The fourth-order valence-electron chi connectivity index (χ4n) is 1.48. The van der Waals surface area contributed by atoms with Gasteiger partial charge in [-0.3, -0.25) is 0 Å². The Morgan fingerprint density at radius 3 is 2.14 bits per heavy atom. The Labute approximate surface area is 85.8 Å². The number of rotatable bonds is 2. The van der Waals surface area contributed by atoms with Crippen molar-refractivity contribution in [3.63, 3.8) is 0 Å². The molecule has 1 heteroatoms. The van der Waals surface area contributed by atoms with Gasteiger partial charge in [0.15, 0.2) is 7.28 Å². The number of benzene rings is 2. The molecule has 0 aliphatic rings. The molecular formula is C13H12B. The lowest BCUT2D eigenvalue weighted by atomic mass is 9.63. The maximum atomic E-state index is 2.20. The Kier molecular flexibility index (Phi) is 2.69. The summed E-state index contributed by atoms with van der Waals surface area (Å²) in [5.41, 5.74) is 3.86. The van der Waals surface area contributed by atoms with Gasteiger partial charge in [0.1, 0.15) is 0 Å². The van der Waals surface area contributed by atoms with Gasteiger partial charge in [0.25, 0.3) is 0 Å². The second-order valence-electron chi connectivity index (χ2n) is 3.41. The highest BCUT2D eigenvalue weighted by Crippen LogP contribution is 1.92. The lowest BCUT2D eigenvalue weighted by molar-refractivity contribution is 1.52. The molecule has 0 aromatic heterocycles. The van der Waals surface area contributed by atoms with E-state index in [0.29, 0.717) is 0 Å². The SMILES string of the molecule is Cc1ccccc1[B]c1ccccc1. The van der Waals surface area contributed by atoms with E-state index >= 15 is 0 Å². The van der Waals surface area contributed by atoms with E-state index in [1.54, 1.807) is 0 Å². The zero-order chi connectivity index (χ0) is 9.80. The molecule has 2 aromatic carbocycles. The van der Waals surface area contributed by atoms with Gasteiger partial charge in [0, 0.05) is 0 Å². The Bertz CT molecular complexity index is 407. The van der Waals surface area contributed by atoms with Gasteiger partial charge in [-0.15, -0.1) is 0 Å². The Hall–Kier alpha value is -1.50. The lowest BCUT2D eigenvalue weighted by Crippen LogP contribution is -2.28. The van der Waals surface area contributed by atoms with Crippen LogP contribution < -0.4 is 10.9 Å². The molecule has 0 aliphatic carbocycles. The maximum absolute atomic E-state index is 2.20. The van der Waals surface area contributed by atoms with Crippen molar-refractivity contribution in [3.05, 3.63) is 60.2 Å². The van der Waals surface area contributed by atoms with Gasteiger partial charge in [-0.1, -0.05) is 71.1 Å². The molecule has 0 saturated heterocycles. The predicted molar refractivity (Wildman–Crippen MR) is 62.6 cm³/mol. The van der Waals surface area contributed by atoms with Crippen LogP contribution in [-0.4, -0.2) is 7.28 Å². The fraction of sp³-hybridized carbons (Fsp3) is 0.0769. The van der Waals surface area contributed by atoms with Crippen molar-refractivity contribution in [1.82, 2.24) is 0 Å². The van der Waals surface area contributed by atoms with Crippen LogP contribution in [-0.2, 0) is 0 Å². The van der Waals surface area contributed by atoms with Gasteiger partial charge in [0.05, 0.1) is 0 Å². The van der Waals surface area contributed by atoms with E-state index < -0.39 is 0 Å². The number of hydrogen-bond acceptors (Lipinski definition) is 0. The van der Waals surface area contributed by atoms with Gasteiger partial charge in [-0.25, -0.2) is 0 Å². The van der Waals surface area contributed by atoms with Crippen molar-refractivity contribution in [1.29, 1.82) is 0 Å². The second-order valence-corrected chi connectivity index (χ2v) is 3.41. The molecule has 2 rings (SSSR count). The van der Waals surface area contributed by atoms with Crippen molar-refractivity contribution in [3.8, 4) is 0 Å². The van der Waals surface area contributed by atoms with E-state index in [2.05, 4.69) is 62.7 Å². The standard InChI is InChI=1S/C13H12B/c1-11-7-5-6-10-13(11)14-12-8-3-2-4-9-12/h2-10H,1H3. The van der Waals surface area contributed by atoms with Crippen molar-refractivity contribution >= 4 is 18.2 Å². The van der Waals surface area contributed by atoms with Crippen molar-refractivity contribution in [2.45, 2.75) is 6.92 Å². The summed E-state index contributed by atoms with van der Waals surface area (Å²) < 4.78 is 0. The van der Waals surface area contributed by atoms with Crippen LogP contribution >= 0.6 is 0 Å². The van der Waals surface area contributed by atoms with E-state index in [-0.39, 0.29) is 0 Å². The molecule has 0 unspecified atom stereocenters. The molecule has 14 heavy (non-hydrogen) atoms. The van der Waals surface area contributed by atoms with Crippen molar-refractivity contribution in [2.24, 2.45) is 0 Å². The molecule has 0 spiro atoms. The van der Waals surface area contributed by atoms with Gasteiger partial charge < -0.3 is 0 Å². The summed E-state index contributed by atoms with van der Waals surface area (Å²) in [6.07, 6.45) is 0. The minimum atomic E-state index is 1.25. The van der Waals surface area contributed by atoms with E-state index in [9.17, 15) is 0 Å². The first kappa shape index (κ1) is 9.08. The van der Waals surface area contributed by atoms with Crippen LogP contribution in [0.25, 0.3) is 0 Å². The molecule has 0 nitrogen and oxygen atoms in total. The molecule has 0 amide bonds. The van der Waals surface area contributed by atoms with Gasteiger partial charge in [-0.05, 0) is 6.92 Å². The number of hydrogen-bond donors (Lipinski definition) is 0. The monoisotopic (exact) mass is 179 g/mol. The summed E-state index contributed by atoms with van der Waals surface area (Å²) in [6, 6.07) is 18.8. The molecule has 0 heterocycles. The summed E-state index contributed by atoms with van der Waals surface area (Å²) in [5.74, 6) is 0. The van der Waals surface area contributed by atoms with Crippen molar-refractivity contribution in [2.75, 3.05) is 0 Å². The first-order chi connectivity index (χ1) is 6.86. The average Bonchev–Trinajstić information content (AvgIpc) is 2.23. The van der Waals surface area contributed by atoms with E-state index in [1.807, 2.05) is 6.07 Å². The summed E-state index contributed by atoms with van der Waals surface area (Å²) in [6.45, 7) is 2.13. The highest BCUT2D eigenvalue weighted by atomic mass is 13.9. The molecule has 0 aliphatic heterocycles. The first-order valence-corrected chi connectivity index (χ1v) is 4.82. The Morgan fingerprint density at radius 1 is 0.786 bits per heavy atom. The molecule has 0 N–H and O–H groups in total. The third-order valence-electron chi connectivity index (χ3n) is 2.31. The molecular weight excluding hydrogens is 167 g/mol. The van der Waals surface area contributed by atoms with Gasteiger partial charge in [-0.2, -0.15) is 0 Å². The highest BCUT2D eigenvalue weighted by molar-refractivity contribution is 6.67. The number of aryl methyl sites for hydroxylation is 1. The molecule has 0 saturated carbocycles. The third-order valence-corrected chi connectivity index (χ3v) is 2.31. The van der Waals surface area contributed by atoms with Crippen molar-refractivity contribution < 1.29 is 0 Å². The van der Waals surface area contributed by atoms with E-state index in [0.717, 1.165) is 0 Å². The minimum Gasteiger partial charge on any atom is -0.0814 e. The Morgan fingerprint density at radius 2 is 1.43 bits per heavy atom. The second kappa shape index (κ2) is 4.14. The Balaban J connectivity index is 2.24. The summed E-state index contributed by atoms with van der Waals surface area (Å²) >= 11 is 0. The smallest absolute Gasteiger partial charge is 0.0814 e. The largest absolute Gasteiger partial charge is 0.191 e. The van der Waals surface area contributed by atoms with Crippen LogP contribution in [0.5, 0.6) is 0 Å². The quantitative estimate of drug-likeness (QED) is 0.615. The van der Waals surface area contributed by atoms with Crippen LogP contribution in [0.1, 0.15) is 5.56 Å². The topological polar surface area (TPSA) is 0 Å². The first-order valence-electron chi connectivity index (χ1n) is 4.82. The summed E-state index contributed by atoms with van der Waals surface area (Å²) in [5, 5.41) is 0. The molecule has 1 radical (unpaired) electrons. The summed E-state index contributed by atoms with van der Waals surface area (Å²) in [4.78, 5) is 0. The minimum absolute atomic E-state index is 1.25. The zero-order valence-electron chi connectivity index (χ0n) is 8.27. The van der Waals surface area contributed by atoms with Crippen LogP contribution in [0, 0.1) is 6.92 Å². The molecule has 0 atom stereocenters. The predicted octanol–water partition coefficient (Wildman–Crippen LogP) is 1.65. The third kappa shape index (κ3) is 2.05. The highest BCUT2D eigenvalue weighted by Gasteiger charge is 1.99. The van der Waals surface area contributed by atoms with Crippen LogP contribution in [0.2, 0.25) is 0 Å². The van der Waals surface area contributed by atoms with E-state index in [1.165, 1.54) is 16.5 Å². The average molecular weight is 179 g/mol. The molecule has 2 aromatic rings. The molecule has 67 valence electrons. The fourth-order valence-corrected chi connectivity index (χ4v) is 1.48. The van der Waals surface area contributed by atoms with Gasteiger partial charge in [0.2, 0.25) is 0 Å². The maximum Gasteiger partial charge on any atom is 0.191 e. The molecule has 0 bridgehead atoms. The zero-order valence-corrected chi connectivity index (χ0v) is 8.27.